The van der Waals surface area contributed by atoms with Crippen LogP contribution in [0.5, 0.6) is 0 Å². The maximum Gasteiger partial charge on any atom is 0.270 e. The molecule has 1 fully saturated rings. The summed E-state index contributed by atoms with van der Waals surface area (Å²) in [5.74, 6) is -0.135. The number of rotatable bonds is 6. The standard InChI is InChI=1S/C24H24N4O4S2/c1-15-11-19-21(12-16(15)2)34-24(25-19)27(6-5-26-7-9-32-10-8-26)23(29)22-14-17-13-18(28(30)31)3-4-20(17)33-22/h3-4,11-14H,5-10H2,1-2H3. The summed E-state index contributed by atoms with van der Waals surface area (Å²) >= 11 is 2.87. The summed E-state index contributed by atoms with van der Waals surface area (Å²) in [4.78, 5) is 33.9. The Labute approximate surface area is 204 Å². The maximum atomic E-state index is 13.7. The second-order valence-corrected chi connectivity index (χ2v) is 10.5. The third-order valence-corrected chi connectivity index (χ3v) is 8.28. The molecule has 0 aliphatic carbocycles. The minimum atomic E-state index is -0.418. The van der Waals surface area contributed by atoms with Gasteiger partial charge in [0.05, 0.1) is 33.2 Å². The molecule has 0 radical (unpaired) electrons. The Morgan fingerprint density at radius 2 is 1.88 bits per heavy atom. The van der Waals surface area contributed by atoms with Crippen LogP contribution < -0.4 is 4.90 Å². The molecular formula is C24H24N4O4S2. The lowest BCUT2D eigenvalue weighted by Crippen LogP contribution is -2.43. The van der Waals surface area contributed by atoms with Gasteiger partial charge in [0.2, 0.25) is 0 Å². The Bertz CT molecular complexity index is 1350. The molecule has 0 bridgehead atoms. The lowest BCUT2D eigenvalue weighted by atomic mass is 10.1. The number of benzene rings is 2. The monoisotopic (exact) mass is 496 g/mol. The number of non-ortho nitro benzene ring substituents is 1. The summed E-state index contributed by atoms with van der Waals surface area (Å²) in [5.41, 5.74) is 3.27. The topological polar surface area (TPSA) is 88.8 Å². The van der Waals surface area contributed by atoms with E-state index in [9.17, 15) is 14.9 Å². The number of nitrogens with zero attached hydrogens (tertiary/aromatic N) is 4. The number of morpholine rings is 1. The van der Waals surface area contributed by atoms with Crippen LogP contribution in [0.2, 0.25) is 0 Å². The number of nitro groups is 1. The predicted molar refractivity (Wildman–Crippen MR) is 137 cm³/mol. The molecule has 176 valence electrons. The molecule has 4 aromatic rings. The van der Waals surface area contributed by atoms with Gasteiger partial charge in [-0.3, -0.25) is 24.7 Å². The highest BCUT2D eigenvalue weighted by Gasteiger charge is 2.25. The van der Waals surface area contributed by atoms with Crippen LogP contribution in [0.25, 0.3) is 20.3 Å². The molecular weight excluding hydrogens is 472 g/mol. The maximum absolute atomic E-state index is 13.7. The first-order valence-electron chi connectivity index (χ1n) is 11.1. The average Bonchev–Trinajstić information content (AvgIpc) is 3.43. The molecule has 1 amide bonds. The van der Waals surface area contributed by atoms with Crippen molar-refractivity contribution in [3.63, 3.8) is 0 Å². The van der Waals surface area contributed by atoms with Crippen LogP contribution in [0.3, 0.4) is 0 Å². The molecule has 3 heterocycles. The van der Waals surface area contributed by atoms with Crippen LogP contribution in [-0.4, -0.2) is 60.1 Å². The van der Waals surface area contributed by atoms with Crippen molar-refractivity contribution < 1.29 is 14.5 Å². The van der Waals surface area contributed by atoms with Gasteiger partial charge >= 0.3 is 0 Å². The van der Waals surface area contributed by atoms with Crippen molar-refractivity contribution in [2.45, 2.75) is 13.8 Å². The van der Waals surface area contributed by atoms with Crippen molar-refractivity contribution in [2.75, 3.05) is 44.3 Å². The number of thiazole rings is 1. The van der Waals surface area contributed by atoms with Crippen LogP contribution in [0.1, 0.15) is 20.8 Å². The molecule has 0 atom stereocenters. The van der Waals surface area contributed by atoms with Gasteiger partial charge in [-0.15, -0.1) is 11.3 Å². The second-order valence-electron chi connectivity index (χ2n) is 8.40. The lowest BCUT2D eigenvalue weighted by molar-refractivity contribution is -0.384. The zero-order chi connectivity index (χ0) is 23.8. The van der Waals surface area contributed by atoms with Gasteiger partial charge in [-0.25, -0.2) is 4.98 Å². The Kier molecular flexibility index (Phi) is 6.30. The molecule has 1 saturated heterocycles. The van der Waals surface area contributed by atoms with Crippen molar-refractivity contribution >= 4 is 59.7 Å². The van der Waals surface area contributed by atoms with E-state index in [1.807, 2.05) is 0 Å². The summed E-state index contributed by atoms with van der Waals surface area (Å²) in [6.07, 6.45) is 0. The molecule has 2 aromatic carbocycles. The first-order valence-corrected chi connectivity index (χ1v) is 12.7. The second kappa shape index (κ2) is 9.38. The lowest BCUT2D eigenvalue weighted by Gasteiger charge is -2.29. The number of aryl methyl sites for hydroxylation is 2. The first-order chi connectivity index (χ1) is 16.4. The highest BCUT2D eigenvalue weighted by Crippen LogP contribution is 2.34. The van der Waals surface area contributed by atoms with Crippen molar-refractivity contribution in [1.29, 1.82) is 0 Å². The number of amides is 1. The number of ether oxygens (including phenoxy) is 1. The van der Waals surface area contributed by atoms with Gasteiger partial charge in [-0.1, -0.05) is 11.3 Å². The summed E-state index contributed by atoms with van der Waals surface area (Å²) in [5, 5.41) is 12.5. The molecule has 0 saturated carbocycles. The van der Waals surface area contributed by atoms with Crippen LogP contribution >= 0.6 is 22.7 Å². The zero-order valence-electron chi connectivity index (χ0n) is 18.9. The number of nitro benzene ring substituents is 1. The van der Waals surface area contributed by atoms with E-state index >= 15 is 0 Å². The molecule has 0 N–H and O–H groups in total. The van der Waals surface area contributed by atoms with Gasteiger partial charge < -0.3 is 4.74 Å². The fourth-order valence-corrected chi connectivity index (χ4v) is 6.08. The Morgan fingerprint density at radius 1 is 1.12 bits per heavy atom. The van der Waals surface area contributed by atoms with E-state index in [1.54, 1.807) is 17.0 Å². The number of carbonyl (C=O) groups is 1. The van der Waals surface area contributed by atoms with E-state index in [0.717, 1.165) is 34.6 Å². The highest BCUT2D eigenvalue weighted by molar-refractivity contribution is 7.23. The van der Waals surface area contributed by atoms with Crippen molar-refractivity contribution in [1.82, 2.24) is 9.88 Å². The molecule has 1 aliphatic heterocycles. The quantitative estimate of drug-likeness (QED) is 0.275. The normalized spacial score (nSPS) is 14.6. The third kappa shape index (κ3) is 4.54. The number of aromatic nitrogens is 1. The van der Waals surface area contributed by atoms with Crippen LogP contribution in [-0.2, 0) is 4.74 Å². The number of hydrogen-bond donors (Lipinski definition) is 0. The van der Waals surface area contributed by atoms with Gasteiger partial charge in [0.15, 0.2) is 5.13 Å². The van der Waals surface area contributed by atoms with Gasteiger partial charge in [0.25, 0.3) is 11.6 Å². The van der Waals surface area contributed by atoms with Crippen LogP contribution in [0, 0.1) is 24.0 Å². The molecule has 1 aliphatic rings. The fraction of sp³-hybridized carbons (Fsp3) is 0.333. The van der Waals surface area contributed by atoms with Crippen molar-refractivity contribution in [3.8, 4) is 0 Å². The number of anilines is 1. The van der Waals surface area contributed by atoms with Gasteiger partial charge in [0, 0.05) is 48.4 Å². The van der Waals surface area contributed by atoms with Crippen molar-refractivity contribution in [2.24, 2.45) is 0 Å². The largest absolute Gasteiger partial charge is 0.379 e. The van der Waals surface area contributed by atoms with Crippen molar-refractivity contribution in [3.05, 3.63) is 62.5 Å². The van der Waals surface area contributed by atoms with Gasteiger partial charge in [-0.2, -0.15) is 0 Å². The van der Waals surface area contributed by atoms with E-state index in [-0.39, 0.29) is 11.6 Å². The van der Waals surface area contributed by atoms with E-state index in [0.29, 0.717) is 35.2 Å². The van der Waals surface area contributed by atoms with E-state index < -0.39 is 4.92 Å². The molecule has 10 heteroatoms. The molecule has 8 nitrogen and oxygen atoms in total. The summed E-state index contributed by atoms with van der Waals surface area (Å²) < 4.78 is 7.35. The zero-order valence-corrected chi connectivity index (χ0v) is 20.6. The van der Waals surface area contributed by atoms with E-state index in [2.05, 4.69) is 30.9 Å². The molecule has 5 rings (SSSR count). The molecule has 2 aromatic heterocycles. The van der Waals surface area contributed by atoms with E-state index in [4.69, 9.17) is 9.72 Å². The van der Waals surface area contributed by atoms with Gasteiger partial charge in [-0.05, 0) is 49.2 Å². The first kappa shape index (κ1) is 22.9. The molecule has 0 unspecified atom stereocenters. The smallest absolute Gasteiger partial charge is 0.270 e. The number of carbonyl (C=O) groups excluding carboxylic acids is 1. The minimum Gasteiger partial charge on any atom is -0.379 e. The molecule has 0 spiro atoms. The minimum absolute atomic E-state index is 0.0189. The van der Waals surface area contributed by atoms with Crippen LogP contribution in [0.15, 0.2) is 36.4 Å². The third-order valence-electron chi connectivity index (χ3n) is 6.13. The average molecular weight is 497 g/mol. The summed E-state index contributed by atoms with van der Waals surface area (Å²) in [6, 6.07) is 10.6. The summed E-state index contributed by atoms with van der Waals surface area (Å²) in [7, 11) is 0. The SMILES string of the molecule is Cc1cc2nc(N(CCN3CCOCC3)C(=O)c3cc4cc([N+](=O)[O-])ccc4s3)sc2cc1C. The molecule has 34 heavy (non-hydrogen) atoms. The highest BCUT2D eigenvalue weighted by atomic mass is 32.1. The van der Waals surface area contributed by atoms with E-state index in [1.165, 1.54) is 45.9 Å². The fourth-order valence-electron chi connectivity index (χ4n) is 4.02. The number of thiophene rings is 1. The Hall–Kier alpha value is -2.92. The predicted octanol–water partition coefficient (Wildman–Crippen LogP) is 5.02. The summed E-state index contributed by atoms with van der Waals surface area (Å²) in [6.45, 7) is 8.44. The number of hydrogen-bond acceptors (Lipinski definition) is 8. The Balaban J connectivity index is 1.49. The van der Waals surface area contributed by atoms with Gasteiger partial charge in [0.1, 0.15) is 0 Å². The number of fused-ring (bicyclic) bond motifs is 2. The van der Waals surface area contributed by atoms with Crippen LogP contribution in [0.4, 0.5) is 10.8 Å². The Morgan fingerprint density at radius 3 is 2.65 bits per heavy atom.